The summed E-state index contributed by atoms with van der Waals surface area (Å²) in [5, 5.41) is 0. The number of hydrogen-bond acceptors (Lipinski definition) is 0. The lowest BCUT2D eigenvalue weighted by atomic mass is 9.90. The molecule has 1 aliphatic rings. The Morgan fingerprint density at radius 1 is 1.37 bits per heavy atom. The van der Waals surface area contributed by atoms with E-state index in [-0.39, 0.29) is 24.7 Å². The van der Waals surface area contributed by atoms with Crippen molar-refractivity contribution < 1.29 is 8.78 Å². The molecule has 0 saturated heterocycles. The van der Waals surface area contributed by atoms with Crippen LogP contribution in [0, 0.1) is 11.8 Å². The van der Waals surface area contributed by atoms with Crippen molar-refractivity contribution >= 4 is 27.5 Å². The van der Waals surface area contributed by atoms with E-state index in [9.17, 15) is 8.78 Å². The first-order valence-corrected chi connectivity index (χ1v) is 8.00. The van der Waals surface area contributed by atoms with Crippen LogP contribution in [0.15, 0.2) is 28.7 Å². The van der Waals surface area contributed by atoms with Crippen LogP contribution in [-0.4, -0.2) is 11.8 Å². The van der Waals surface area contributed by atoms with Crippen molar-refractivity contribution in [2.45, 2.75) is 38.0 Å². The molecule has 1 aliphatic carbocycles. The first kappa shape index (κ1) is 15.2. The highest BCUT2D eigenvalue weighted by atomic mass is 79.9. The summed E-state index contributed by atoms with van der Waals surface area (Å²) in [6.45, 7) is 0. The molecule has 0 bridgehead atoms. The number of benzene rings is 1. The Hall–Kier alpha value is -0.150. The highest BCUT2D eigenvalue weighted by molar-refractivity contribution is 9.10. The van der Waals surface area contributed by atoms with Crippen molar-refractivity contribution in [2.75, 3.05) is 5.88 Å². The van der Waals surface area contributed by atoms with Crippen molar-refractivity contribution in [3.8, 4) is 0 Å². The van der Waals surface area contributed by atoms with E-state index >= 15 is 0 Å². The zero-order chi connectivity index (χ0) is 13.9. The fraction of sp³-hybridized carbons (Fsp3) is 0.600. The molecule has 0 aromatic heterocycles. The lowest BCUT2D eigenvalue weighted by Gasteiger charge is -2.19. The molecule has 0 heterocycles. The van der Waals surface area contributed by atoms with Gasteiger partial charge in [-0.2, -0.15) is 0 Å². The zero-order valence-electron chi connectivity index (χ0n) is 10.7. The highest BCUT2D eigenvalue weighted by Gasteiger charge is 2.39. The SMILES string of the molecule is FC1(F)CCC(CC(CCl)Cc2ccccc2Br)C1. The molecule has 1 aromatic rings. The lowest BCUT2D eigenvalue weighted by Crippen LogP contribution is -2.14. The monoisotopic (exact) mass is 350 g/mol. The Bertz CT molecular complexity index is 422. The number of rotatable bonds is 5. The lowest BCUT2D eigenvalue weighted by molar-refractivity contribution is 0.00417. The molecule has 19 heavy (non-hydrogen) atoms. The number of hydrogen-bond donors (Lipinski definition) is 0. The van der Waals surface area contributed by atoms with E-state index in [1.54, 1.807) is 0 Å². The third-order valence-electron chi connectivity index (χ3n) is 3.86. The van der Waals surface area contributed by atoms with Crippen LogP contribution in [0.2, 0.25) is 0 Å². The van der Waals surface area contributed by atoms with E-state index in [4.69, 9.17) is 11.6 Å². The maximum Gasteiger partial charge on any atom is 0.248 e. The molecule has 106 valence electrons. The van der Waals surface area contributed by atoms with Gasteiger partial charge in [-0.15, -0.1) is 11.6 Å². The van der Waals surface area contributed by atoms with Crippen LogP contribution in [0.1, 0.15) is 31.2 Å². The standard InChI is InChI=1S/C15H18BrClF2/c16-14-4-2-1-3-13(14)8-12(10-17)7-11-5-6-15(18,19)9-11/h1-4,11-12H,5-10H2. The molecule has 2 atom stereocenters. The summed E-state index contributed by atoms with van der Waals surface area (Å²) in [5.74, 6) is -1.52. The maximum absolute atomic E-state index is 13.2. The van der Waals surface area contributed by atoms with E-state index in [1.165, 1.54) is 5.56 Å². The van der Waals surface area contributed by atoms with Gasteiger partial charge in [0, 0.05) is 23.2 Å². The van der Waals surface area contributed by atoms with E-state index in [2.05, 4.69) is 22.0 Å². The minimum atomic E-state index is -2.45. The normalized spacial score (nSPS) is 23.5. The molecule has 1 saturated carbocycles. The van der Waals surface area contributed by atoms with Crippen molar-refractivity contribution in [3.05, 3.63) is 34.3 Å². The van der Waals surface area contributed by atoms with Crippen LogP contribution in [0.3, 0.4) is 0 Å². The Kier molecular flexibility index (Phi) is 5.24. The Morgan fingerprint density at radius 3 is 2.68 bits per heavy atom. The van der Waals surface area contributed by atoms with Crippen LogP contribution in [0.25, 0.3) is 0 Å². The molecule has 0 aliphatic heterocycles. The molecule has 0 radical (unpaired) electrons. The second-order valence-corrected chi connectivity index (χ2v) is 6.68. The topological polar surface area (TPSA) is 0 Å². The molecule has 2 unspecified atom stereocenters. The second kappa shape index (κ2) is 6.53. The fourth-order valence-corrected chi connectivity index (χ4v) is 3.57. The summed E-state index contributed by atoms with van der Waals surface area (Å²) < 4.78 is 27.5. The van der Waals surface area contributed by atoms with E-state index < -0.39 is 5.92 Å². The quantitative estimate of drug-likeness (QED) is 0.599. The van der Waals surface area contributed by atoms with Gasteiger partial charge < -0.3 is 0 Å². The predicted octanol–water partition coefficient (Wildman–Crippen LogP) is 5.67. The van der Waals surface area contributed by atoms with Gasteiger partial charge in [-0.1, -0.05) is 34.1 Å². The van der Waals surface area contributed by atoms with Crippen LogP contribution in [-0.2, 0) is 6.42 Å². The van der Waals surface area contributed by atoms with E-state index in [1.807, 2.05) is 18.2 Å². The van der Waals surface area contributed by atoms with Crippen LogP contribution in [0.4, 0.5) is 8.78 Å². The molecule has 0 nitrogen and oxygen atoms in total. The number of alkyl halides is 3. The largest absolute Gasteiger partial charge is 0.248 e. The molecule has 0 spiro atoms. The van der Waals surface area contributed by atoms with Gasteiger partial charge in [0.15, 0.2) is 0 Å². The van der Waals surface area contributed by atoms with Gasteiger partial charge in [0.2, 0.25) is 5.92 Å². The zero-order valence-corrected chi connectivity index (χ0v) is 13.1. The molecule has 0 N–H and O–H groups in total. The first-order valence-electron chi connectivity index (χ1n) is 6.67. The molecule has 1 aromatic carbocycles. The Balaban J connectivity index is 1.93. The Morgan fingerprint density at radius 2 is 2.11 bits per heavy atom. The molecule has 1 fully saturated rings. The summed E-state index contributed by atoms with van der Waals surface area (Å²) in [6, 6.07) is 8.03. The first-order chi connectivity index (χ1) is 9.00. The molecular formula is C15H18BrClF2. The molecule has 4 heteroatoms. The summed E-state index contributed by atoms with van der Waals surface area (Å²) >= 11 is 9.54. The van der Waals surface area contributed by atoms with Gasteiger partial charge >= 0.3 is 0 Å². The fourth-order valence-electron chi connectivity index (χ4n) is 2.89. The van der Waals surface area contributed by atoms with Crippen molar-refractivity contribution in [1.29, 1.82) is 0 Å². The van der Waals surface area contributed by atoms with E-state index in [0.717, 1.165) is 17.3 Å². The van der Waals surface area contributed by atoms with Crippen LogP contribution < -0.4 is 0 Å². The summed E-state index contributed by atoms with van der Waals surface area (Å²) in [7, 11) is 0. The predicted molar refractivity (Wildman–Crippen MR) is 79.0 cm³/mol. The second-order valence-electron chi connectivity index (χ2n) is 5.52. The van der Waals surface area contributed by atoms with Gasteiger partial charge in [-0.3, -0.25) is 0 Å². The third-order valence-corrected chi connectivity index (χ3v) is 5.07. The minimum Gasteiger partial charge on any atom is -0.207 e. The smallest absolute Gasteiger partial charge is 0.207 e. The average Bonchev–Trinajstić information content (AvgIpc) is 2.70. The van der Waals surface area contributed by atoms with Gasteiger partial charge in [-0.05, 0) is 42.7 Å². The van der Waals surface area contributed by atoms with Crippen molar-refractivity contribution in [3.63, 3.8) is 0 Å². The van der Waals surface area contributed by atoms with Crippen LogP contribution in [0.5, 0.6) is 0 Å². The number of halogens is 4. The summed E-state index contributed by atoms with van der Waals surface area (Å²) in [5.41, 5.74) is 1.21. The molecule has 2 rings (SSSR count). The average molecular weight is 352 g/mol. The van der Waals surface area contributed by atoms with Crippen molar-refractivity contribution in [1.82, 2.24) is 0 Å². The van der Waals surface area contributed by atoms with Gasteiger partial charge in [0.25, 0.3) is 0 Å². The molecule has 0 amide bonds. The van der Waals surface area contributed by atoms with Crippen molar-refractivity contribution in [2.24, 2.45) is 11.8 Å². The third kappa shape index (κ3) is 4.42. The van der Waals surface area contributed by atoms with Gasteiger partial charge in [0.05, 0.1) is 0 Å². The summed E-state index contributed by atoms with van der Waals surface area (Å²) in [6.07, 6.45) is 2.38. The molecular weight excluding hydrogens is 334 g/mol. The summed E-state index contributed by atoms with van der Waals surface area (Å²) in [4.78, 5) is 0. The minimum absolute atomic E-state index is 0.0380. The van der Waals surface area contributed by atoms with E-state index in [0.29, 0.717) is 12.3 Å². The maximum atomic E-state index is 13.2. The highest BCUT2D eigenvalue weighted by Crippen LogP contribution is 2.42. The van der Waals surface area contributed by atoms with Crippen LogP contribution >= 0.6 is 27.5 Å². The van der Waals surface area contributed by atoms with Gasteiger partial charge in [-0.25, -0.2) is 8.78 Å². The van der Waals surface area contributed by atoms with Gasteiger partial charge in [0.1, 0.15) is 0 Å². The Labute approximate surface area is 126 Å².